The van der Waals surface area contributed by atoms with Crippen LogP contribution >= 0.6 is 8.15 Å². The van der Waals surface area contributed by atoms with E-state index in [0.29, 0.717) is 0 Å². The van der Waals surface area contributed by atoms with Gasteiger partial charge in [-0.2, -0.15) is 0 Å². The van der Waals surface area contributed by atoms with E-state index in [4.69, 9.17) is 9.26 Å². The maximum absolute atomic E-state index is 9.69. The first-order valence-electron chi connectivity index (χ1n) is 10.6. The molecular weight excluding hydrogens is 415 g/mol. The van der Waals surface area contributed by atoms with E-state index in [1.165, 1.54) is 10.9 Å². The monoisotopic (exact) mass is 444 g/mol. The number of hydrogen-bond acceptors (Lipinski definition) is 3. The lowest BCUT2D eigenvalue weighted by Gasteiger charge is -2.15. The van der Waals surface area contributed by atoms with Crippen LogP contribution in [0.15, 0.2) is 103 Å². The van der Waals surface area contributed by atoms with Crippen molar-refractivity contribution >= 4 is 19.0 Å². The summed E-state index contributed by atoms with van der Waals surface area (Å²) in [7, 11) is -0.716. The number of benzene rings is 3. The van der Waals surface area contributed by atoms with Gasteiger partial charge in [-0.15, -0.1) is 0 Å². The van der Waals surface area contributed by atoms with Crippen LogP contribution < -0.4 is 14.6 Å². The molecule has 0 spiro atoms. The maximum Gasteiger partial charge on any atom is 0.127 e. The molecule has 0 saturated carbocycles. The van der Waals surface area contributed by atoms with Gasteiger partial charge in [0.2, 0.25) is 0 Å². The lowest BCUT2D eigenvalue weighted by molar-refractivity contribution is 0.430. The van der Waals surface area contributed by atoms with Crippen molar-refractivity contribution in [3.8, 4) is 17.2 Å². The summed E-state index contributed by atoms with van der Waals surface area (Å²) in [5.41, 5.74) is 3.03. The molecule has 0 aliphatic heterocycles. The van der Waals surface area contributed by atoms with E-state index in [1.54, 1.807) is 18.2 Å². The lowest BCUT2D eigenvalue weighted by atomic mass is 10.1. The molecule has 3 rings (SSSR count). The highest BCUT2D eigenvalue weighted by Crippen LogP contribution is 2.34. The summed E-state index contributed by atoms with van der Waals surface area (Å²) in [6.07, 6.45) is 5.99. The zero-order chi connectivity index (χ0) is 22.9. The van der Waals surface area contributed by atoms with Crippen molar-refractivity contribution in [2.45, 2.75) is 20.3 Å². The Morgan fingerprint density at radius 3 is 2.03 bits per heavy atom. The third-order valence-electron chi connectivity index (χ3n) is 4.79. The van der Waals surface area contributed by atoms with E-state index in [0.717, 1.165) is 34.8 Å². The Balaban J connectivity index is 1.57. The zero-order valence-corrected chi connectivity index (χ0v) is 19.7. The molecule has 164 valence electrons. The minimum Gasteiger partial charge on any atom is -0.508 e. The molecule has 0 aliphatic rings. The van der Waals surface area contributed by atoms with Crippen LogP contribution in [0, 0.1) is 6.92 Å². The average Bonchev–Trinajstić information content (AvgIpc) is 2.80. The van der Waals surface area contributed by atoms with Crippen LogP contribution in [-0.4, -0.2) is 11.8 Å². The lowest BCUT2D eigenvalue weighted by Crippen LogP contribution is -2.03. The third-order valence-corrected chi connectivity index (χ3v) is 6.30. The van der Waals surface area contributed by atoms with Crippen molar-refractivity contribution < 1.29 is 14.4 Å². The van der Waals surface area contributed by atoms with Gasteiger partial charge in [0.05, 0.1) is 0 Å². The normalized spacial score (nSPS) is 12.5. The number of ether oxygens (including phenoxy) is 1. The van der Waals surface area contributed by atoms with Crippen LogP contribution in [0.1, 0.15) is 24.5 Å². The molecule has 4 heteroatoms. The molecule has 1 N–H and O–H groups in total. The van der Waals surface area contributed by atoms with Crippen LogP contribution in [-0.2, 0) is 0 Å². The highest BCUT2D eigenvalue weighted by atomic mass is 31.1. The summed E-state index contributed by atoms with van der Waals surface area (Å²) in [6, 6.07) is 23.9. The zero-order valence-electron chi connectivity index (χ0n) is 18.8. The van der Waals surface area contributed by atoms with Crippen molar-refractivity contribution in [2.75, 3.05) is 6.66 Å². The fourth-order valence-electron chi connectivity index (χ4n) is 2.97. The Bertz CT molecular complexity index is 1080. The first kappa shape index (κ1) is 23.4. The van der Waals surface area contributed by atoms with E-state index >= 15 is 0 Å². The third kappa shape index (κ3) is 6.87. The Kier molecular flexibility index (Phi) is 8.30. The van der Waals surface area contributed by atoms with Crippen molar-refractivity contribution in [3.05, 3.63) is 114 Å². The second-order valence-corrected chi connectivity index (χ2v) is 9.11. The molecule has 0 bridgehead atoms. The molecular formula is C28H29O3P. The van der Waals surface area contributed by atoms with Crippen LogP contribution in [0.3, 0.4) is 0 Å². The van der Waals surface area contributed by atoms with Gasteiger partial charge in [0.25, 0.3) is 0 Å². The predicted molar refractivity (Wildman–Crippen MR) is 136 cm³/mol. The smallest absolute Gasteiger partial charge is 0.127 e. The number of rotatable bonds is 9. The molecule has 0 saturated heterocycles. The van der Waals surface area contributed by atoms with Crippen molar-refractivity contribution in [3.63, 3.8) is 0 Å². The fourth-order valence-corrected chi connectivity index (χ4v) is 4.08. The fraction of sp³-hybridized carbons (Fsp3) is 0.143. The summed E-state index contributed by atoms with van der Waals surface area (Å²) in [4.78, 5) is 0. The average molecular weight is 445 g/mol. The van der Waals surface area contributed by atoms with Crippen LogP contribution in [0.2, 0.25) is 0 Å². The number of aryl methyl sites for hydroxylation is 1. The molecule has 0 amide bonds. The summed E-state index contributed by atoms with van der Waals surface area (Å²) in [5, 5.41) is 10.9. The minimum atomic E-state index is -0.716. The standard InChI is InChI=1S/C28H29O3P/c1-5-6-24(29)12-9-22(3)23-10-13-25(14-11-23)30-26-15-17-27(18-16-26)31-32(4)28-19-7-21(2)8-20-28/h6-20,29H,3,5H2,1-2,4H3/b12-9-,24-6+. The molecule has 3 nitrogen and oxygen atoms in total. The van der Waals surface area contributed by atoms with Gasteiger partial charge in [-0.1, -0.05) is 61.5 Å². The van der Waals surface area contributed by atoms with E-state index in [-0.39, 0.29) is 5.76 Å². The van der Waals surface area contributed by atoms with Crippen LogP contribution in [0.4, 0.5) is 0 Å². The Morgan fingerprint density at radius 1 is 0.875 bits per heavy atom. The van der Waals surface area contributed by atoms with E-state index in [9.17, 15) is 5.11 Å². The summed E-state index contributed by atoms with van der Waals surface area (Å²) < 4.78 is 12.1. The molecule has 0 aromatic heterocycles. The van der Waals surface area contributed by atoms with Crippen molar-refractivity contribution in [1.29, 1.82) is 0 Å². The second-order valence-electron chi connectivity index (χ2n) is 7.42. The highest BCUT2D eigenvalue weighted by molar-refractivity contribution is 7.60. The predicted octanol–water partition coefficient (Wildman–Crippen LogP) is 7.94. The minimum absolute atomic E-state index is 0.246. The largest absolute Gasteiger partial charge is 0.508 e. The number of aliphatic hydroxyl groups excluding tert-OH is 1. The first-order valence-corrected chi connectivity index (χ1v) is 12.3. The van der Waals surface area contributed by atoms with Crippen molar-refractivity contribution in [1.82, 2.24) is 0 Å². The van der Waals surface area contributed by atoms with Crippen LogP contribution in [0.25, 0.3) is 5.57 Å². The molecule has 1 atom stereocenters. The number of allylic oxidation sites excluding steroid dienone is 4. The molecule has 0 heterocycles. The van der Waals surface area contributed by atoms with E-state index in [2.05, 4.69) is 44.4 Å². The first-order chi connectivity index (χ1) is 15.4. The molecule has 3 aromatic rings. The molecule has 0 aliphatic carbocycles. The maximum atomic E-state index is 9.69. The summed E-state index contributed by atoms with van der Waals surface area (Å²) in [5.74, 6) is 2.56. The molecule has 3 aromatic carbocycles. The van der Waals surface area contributed by atoms with Gasteiger partial charge in [0.15, 0.2) is 0 Å². The molecule has 0 radical (unpaired) electrons. The van der Waals surface area contributed by atoms with Gasteiger partial charge in [0.1, 0.15) is 31.2 Å². The topological polar surface area (TPSA) is 38.7 Å². The number of aliphatic hydroxyl groups is 1. The SMILES string of the molecule is C=C(/C=C\C(O)=C/CC)c1ccc(Oc2ccc(OP(C)c3ccc(C)cc3)cc2)cc1. The van der Waals surface area contributed by atoms with E-state index < -0.39 is 8.15 Å². The van der Waals surface area contributed by atoms with Gasteiger partial charge >= 0.3 is 0 Å². The Hall–Kier alpha value is -3.29. The quantitative estimate of drug-likeness (QED) is 0.207. The second kappa shape index (κ2) is 11.4. The van der Waals surface area contributed by atoms with Gasteiger partial charge in [-0.3, -0.25) is 0 Å². The molecule has 32 heavy (non-hydrogen) atoms. The summed E-state index contributed by atoms with van der Waals surface area (Å²) in [6.45, 7) is 10.2. The van der Waals surface area contributed by atoms with Crippen molar-refractivity contribution in [2.24, 2.45) is 0 Å². The molecule has 0 fully saturated rings. The van der Waals surface area contributed by atoms with E-state index in [1.807, 2.05) is 55.5 Å². The van der Waals surface area contributed by atoms with Gasteiger partial charge in [-0.05, 0) is 79.7 Å². The summed E-state index contributed by atoms with van der Waals surface area (Å²) >= 11 is 0. The highest BCUT2D eigenvalue weighted by Gasteiger charge is 2.08. The molecule has 1 unspecified atom stereocenters. The van der Waals surface area contributed by atoms with Gasteiger partial charge in [-0.25, -0.2) is 0 Å². The Morgan fingerprint density at radius 2 is 1.44 bits per heavy atom. The number of hydrogen-bond donors (Lipinski definition) is 1. The Labute approximate surface area is 192 Å². The van der Waals surface area contributed by atoms with Gasteiger partial charge in [0, 0.05) is 5.30 Å². The van der Waals surface area contributed by atoms with Crippen LogP contribution in [0.5, 0.6) is 17.2 Å². The van der Waals surface area contributed by atoms with Gasteiger partial charge < -0.3 is 14.4 Å².